The van der Waals surface area contributed by atoms with E-state index < -0.39 is 0 Å². The van der Waals surface area contributed by atoms with Gasteiger partial charge in [-0.3, -0.25) is 9.20 Å². The SMILES string of the molecule is O=C(C1CCc2ccccc2O1)N1CC(c2nnc3ccccn23)C1. The molecule has 5 rings (SSSR count). The monoisotopic (exact) mass is 334 g/mol. The molecule has 1 fully saturated rings. The van der Waals surface area contributed by atoms with Gasteiger partial charge in [0.1, 0.15) is 11.6 Å². The van der Waals surface area contributed by atoms with Crippen molar-refractivity contribution in [2.75, 3.05) is 13.1 Å². The number of fused-ring (bicyclic) bond motifs is 2. The first-order chi connectivity index (χ1) is 12.3. The van der Waals surface area contributed by atoms with Gasteiger partial charge in [0, 0.05) is 19.3 Å². The van der Waals surface area contributed by atoms with Crippen molar-refractivity contribution in [3.63, 3.8) is 0 Å². The number of benzene rings is 1. The van der Waals surface area contributed by atoms with Crippen LogP contribution in [0.15, 0.2) is 48.7 Å². The molecule has 1 saturated heterocycles. The number of nitrogens with zero attached hydrogens (tertiary/aromatic N) is 4. The molecule has 6 heteroatoms. The Hall–Kier alpha value is -2.89. The van der Waals surface area contributed by atoms with Gasteiger partial charge in [-0.25, -0.2) is 0 Å². The molecule has 2 aliphatic rings. The fourth-order valence-electron chi connectivity index (χ4n) is 3.66. The second-order valence-electron chi connectivity index (χ2n) is 6.68. The molecule has 0 aliphatic carbocycles. The Kier molecular flexibility index (Phi) is 3.23. The molecule has 4 heterocycles. The van der Waals surface area contributed by atoms with Gasteiger partial charge in [0.2, 0.25) is 0 Å². The minimum atomic E-state index is -0.369. The van der Waals surface area contributed by atoms with Crippen molar-refractivity contribution in [2.24, 2.45) is 0 Å². The Morgan fingerprint density at radius 3 is 2.84 bits per heavy atom. The summed E-state index contributed by atoms with van der Waals surface area (Å²) in [5.74, 6) is 2.08. The number of likely N-dealkylation sites (tertiary alicyclic amines) is 1. The Morgan fingerprint density at radius 2 is 1.92 bits per heavy atom. The maximum atomic E-state index is 12.7. The molecule has 2 aromatic heterocycles. The van der Waals surface area contributed by atoms with Crippen LogP contribution in [-0.2, 0) is 11.2 Å². The summed E-state index contributed by atoms with van der Waals surface area (Å²) in [7, 11) is 0. The molecule has 0 radical (unpaired) electrons. The van der Waals surface area contributed by atoms with E-state index in [1.54, 1.807) is 0 Å². The molecule has 0 saturated carbocycles. The predicted octanol–water partition coefficient (Wildman–Crippen LogP) is 2.05. The quantitative estimate of drug-likeness (QED) is 0.720. The highest BCUT2D eigenvalue weighted by Crippen LogP contribution is 2.31. The van der Waals surface area contributed by atoms with Crippen molar-refractivity contribution < 1.29 is 9.53 Å². The highest BCUT2D eigenvalue weighted by molar-refractivity contribution is 5.82. The van der Waals surface area contributed by atoms with E-state index in [-0.39, 0.29) is 17.9 Å². The Bertz CT molecular complexity index is 945. The number of para-hydroxylation sites is 1. The summed E-state index contributed by atoms with van der Waals surface area (Å²) >= 11 is 0. The van der Waals surface area contributed by atoms with Crippen molar-refractivity contribution in [1.82, 2.24) is 19.5 Å². The molecule has 2 aliphatic heterocycles. The summed E-state index contributed by atoms with van der Waals surface area (Å²) in [6, 6.07) is 13.8. The normalized spacial score (nSPS) is 20.0. The summed E-state index contributed by atoms with van der Waals surface area (Å²) in [6.07, 6.45) is 3.23. The molecular weight excluding hydrogens is 316 g/mol. The highest BCUT2D eigenvalue weighted by Gasteiger charge is 2.39. The van der Waals surface area contributed by atoms with E-state index in [4.69, 9.17) is 4.74 Å². The maximum absolute atomic E-state index is 12.7. The number of amides is 1. The molecule has 1 unspecified atom stereocenters. The molecule has 0 bridgehead atoms. The Labute approximate surface area is 145 Å². The molecule has 0 spiro atoms. The minimum absolute atomic E-state index is 0.0829. The first kappa shape index (κ1) is 14.5. The van der Waals surface area contributed by atoms with Crippen LogP contribution in [-0.4, -0.2) is 44.6 Å². The topological polar surface area (TPSA) is 59.7 Å². The smallest absolute Gasteiger partial charge is 0.263 e. The number of carbonyl (C=O) groups excluding carboxylic acids is 1. The van der Waals surface area contributed by atoms with E-state index in [0.29, 0.717) is 13.1 Å². The van der Waals surface area contributed by atoms with Gasteiger partial charge in [0.05, 0.1) is 5.92 Å². The van der Waals surface area contributed by atoms with E-state index >= 15 is 0 Å². The van der Waals surface area contributed by atoms with E-state index in [1.165, 1.54) is 5.56 Å². The van der Waals surface area contributed by atoms with Crippen molar-refractivity contribution in [3.05, 3.63) is 60.0 Å². The average Bonchev–Trinajstić information content (AvgIpc) is 3.04. The highest BCUT2D eigenvalue weighted by atomic mass is 16.5. The number of carbonyl (C=O) groups is 1. The van der Waals surface area contributed by atoms with E-state index in [1.807, 2.05) is 51.9 Å². The summed E-state index contributed by atoms with van der Waals surface area (Å²) in [4.78, 5) is 14.6. The molecule has 3 aromatic rings. The first-order valence-corrected chi connectivity index (χ1v) is 8.62. The fourth-order valence-corrected chi connectivity index (χ4v) is 3.66. The van der Waals surface area contributed by atoms with E-state index in [2.05, 4.69) is 16.3 Å². The van der Waals surface area contributed by atoms with Gasteiger partial charge in [-0.1, -0.05) is 24.3 Å². The van der Waals surface area contributed by atoms with Crippen LogP contribution in [0.5, 0.6) is 5.75 Å². The lowest BCUT2D eigenvalue weighted by atomic mass is 9.96. The molecule has 6 nitrogen and oxygen atoms in total. The maximum Gasteiger partial charge on any atom is 0.263 e. The van der Waals surface area contributed by atoms with Crippen molar-refractivity contribution >= 4 is 11.6 Å². The summed E-state index contributed by atoms with van der Waals surface area (Å²) < 4.78 is 7.92. The third-order valence-corrected chi connectivity index (χ3v) is 5.09. The van der Waals surface area contributed by atoms with Crippen LogP contribution < -0.4 is 4.74 Å². The second-order valence-corrected chi connectivity index (χ2v) is 6.68. The van der Waals surface area contributed by atoms with E-state index in [0.717, 1.165) is 30.1 Å². The zero-order chi connectivity index (χ0) is 16.8. The standard InChI is InChI=1S/C19H18N4O2/c24-19(16-9-8-13-5-1-2-6-15(13)25-16)22-11-14(12-22)18-21-20-17-7-3-4-10-23(17)18/h1-7,10,14,16H,8-9,11-12H2. The summed E-state index contributed by atoms with van der Waals surface area (Å²) in [5.41, 5.74) is 2.03. The van der Waals surface area contributed by atoms with Gasteiger partial charge in [-0.05, 0) is 36.6 Å². The fraction of sp³-hybridized carbons (Fsp3) is 0.316. The number of ether oxygens (including phenoxy) is 1. The zero-order valence-corrected chi connectivity index (χ0v) is 13.7. The van der Waals surface area contributed by atoms with Gasteiger partial charge in [0.15, 0.2) is 11.8 Å². The van der Waals surface area contributed by atoms with Gasteiger partial charge in [-0.2, -0.15) is 0 Å². The predicted molar refractivity (Wildman–Crippen MR) is 91.5 cm³/mol. The third-order valence-electron chi connectivity index (χ3n) is 5.09. The van der Waals surface area contributed by atoms with Crippen molar-refractivity contribution in [2.45, 2.75) is 24.9 Å². The van der Waals surface area contributed by atoms with Crippen LogP contribution in [0, 0.1) is 0 Å². The molecule has 1 amide bonds. The van der Waals surface area contributed by atoms with Crippen LogP contribution in [0.25, 0.3) is 5.65 Å². The van der Waals surface area contributed by atoms with Crippen LogP contribution in [0.2, 0.25) is 0 Å². The molecule has 1 aromatic carbocycles. The van der Waals surface area contributed by atoms with Gasteiger partial charge >= 0.3 is 0 Å². The number of aryl methyl sites for hydroxylation is 1. The lowest BCUT2D eigenvalue weighted by Crippen LogP contribution is -2.54. The molecular formula is C19H18N4O2. The minimum Gasteiger partial charge on any atom is -0.480 e. The van der Waals surface area contributed by atoms with Crippen molar-refractivity contribution in [3.8, 4) is 5.75 Å². The largest absolute Gasteiger partial charge is 0.480 e. The van der Waals surface area contributed by atoms with Crippen LogP contribution in [0.1, 0.15) is 23.7 Å². The molecule has 25 heavy (non-hydrogen) atoms. The van der Waals surface area contributed by atoms with Gasteiger partial charge in [-0.15, -0.1) is 10.2 Å². The number of aromatic nitrogens is 3. The Balaban J connectivity index is 1.27. The number of pyridine rings is 1. The molecule has 126 valence electrons. The van der Waals surface area contributed by atoms with E-state index in [9.17, 15) is 4.79 Å². The van der Waals surface area contributed by atoms with Crippen LogP contribution >= 0.6 is 0 Å². The van der Waals surface area contributed by atoms with Gasteiger partial charge in [0.25, 0.3) is 5.91 Å². The third kappa shape index (κ3) is 2.36. The number of hydrogen-bond acceptors (Lipinski definition) is 4. The summed E-state index contributed by atoms with van der Waals surface area (Å²) in [6.45, 7) is 1.35. The summed E-state index contributed by atoms with van der Waals surface area (Å²) in [5, 5.41) is 8.49. The number of rotatable bonds is 2. The lowest BCUT2D eigenvalue weighted by molar-refractivity contribution is -0.144. The zero-order valence-electron chi connectivity index (χ0n) is 13.7. The number of hydrogen-bond donors (Lipinski definition) is 0. The van der Waals surface area contributed by atoms with Crippen LogP contribution in [0.4, 0.5) is 0 Å². The van der Waals surface area contributed by atoms with Crippen molar-refractivity contribution in [1.29, 1.82) is 0 Å². The second kappa shape index (κ2) is 5.58. The molecule has 1 atom stereocenters. The molecule has 0 N–H and O–H groups in total. The van der Waals surface area contributed by atoms with Crippen LogP contribution in [0.3, 0.4) is 0 Å². The first-order valence-electron chi connectivity index (χ1n) is 8.62. The van der Waals surface area contributed by atoms with Gasteiger partial charge < -0.3 is 9.64 Å². The lowest BCUT2D eigenvalue weighted by Gasteiger charge is -2.40. The average molecular weight is 334 g/mol. The Morgan fingerprint density at radius 1 is 1.08 bits per heavy atom.